The van der Waals surface area contributed by atoms with Gasteiger partial charge in [-0.2, -0.15) is 0 Å². The van der Waals surface area contributed by atoms with E-state index in [9.17, 15) is 0 Å². The number of nitrogens with zero attached hydrogens (tertiary/aromatic N) is 1. The van der Waals surface area contributed by atoms with Gasteiger partial charge in [0.2, 0.25) is 0 Å². The maximum atomic E-state index is 6.15. The quantitative estimate of drug-likeness (QED) is 0.436. The second-order valence-corrected chi connectivity index (χ2v) is 6.11. The topological polar surface area (TPSA) is 4.93 Å². The first-order valence-corrected chi connectivity index (χ1v) is 8.07. The Kier molecular flexibility index (Phi) is 3.64. The van der Waals surface area contributed by atoms with Gasteiger partial charge in [0.05, 0.1) is 0 Å². The number of rotatable bonds is 3. The maximum absolute atomic E-state index is 6.15. The second kappa shape index (κ2) is 5.94. The summed E-state index contributed by atoms with van der Waals surface area (Å²) in [5, 5.41) is 2.04. The molecule has 0 saturated carbocycles. The normalized spacial score (nSPS) is 11.0. The molecule has 0 spiro atoms. The van der Waals surface area contributed by atoms with Crippen LogP contribution in [0.3, 0.4) is 0 Å². The summed E-state index contributed by atoms with van der Waals surface area (Å²) in [7, 11) is 0. The van der Waals surface area contributed by atoms with Crippen LogP contribution in [0, 0.1) is 0 Å². The molecule has 0 aliphatic rings. The predicted octanol–water partition coefficient (Wildman–Crippen LogP) is 6.01. The lowest BCUT2D eigenvalue weighted by Gasteiger charge is -2.11. The van der Waals surface area contributed by atoms with Gasteiger partial charge >= 0.3 is 0 Å². The van der Waals surface area contributed by atoms with Crippen molar-refractivity contribution in [1.82, 2.24) is 4.57 Å². The van der Waals surface area contributed by atoms with Gasteiger partial charge in [0.1, 0.15) is 0 Å². The first-order chi connectivity index (χ1) is 11.3. The largest absolute Gasteiger partial charge is 0.336 e. The van der Waals surface area contributed by atoms with E-state index in [4.69, 9.17) is 11.6 Å². The van der Waals surface area contributed by atoms with Crippen molar-refractivity contribution in [3.8, 4) is 11.3 Å². The molecule has 0 bridgehead atoms. The molecule has 0 amide bonds. The molecule has 0 fully saturated rings. The zero-order chi connectivity index (χ0) is 15.6. The monoisotopic (exact) mass is 317 g/mol. The fraction of sp³-hybridized carbons (Fsp3) is 0.0476. The van der Waals surface area contributed by atoms with E-state index >= 15 is 0 Å². The van der Waals surface area contributed by atoms with E-state index in [1.165, 1.54) is 27.7 Å². The predicted molar refractivity (Wildman–Crippen MR) is 97.9 cm³/mol. The smallest absolute Gasteiger partial charge is 0.0494 e. The van der Waals surface area contributed by atoms with E-state index in [2.05, 4.69) is 65.2 Å². The molecule has 1 aromatic heterocycles. The molecule has 1 nitrogen and oxygen atoms in total. The van der Waals surface area contributed by atoms with Crippen molar-refractivity contribution in [2.75, 3.05) is 0 Å². The van der Waals surface area contributed by atoms with Gasteiger partial charge in [0, 0.05) is 28.2 Å². The highest BCUT2D eigenvalue weighted by Crippen LogP contribution is 2.29. The molecule has 4 aromatic rings. The van der Waals surface area contributed by atoms with Gasteiger partial charge in [-0.15, -0.1) is 0 Å². The number of aromatic nitrogens is 1. The molecular weight excluding hydrogens is 302 g/mol. The average Bonchev–Trinajstić information content (AvgIpc) is 2.95. The van der Waals surface area contributed by atoms with E-state index < -0.39 is 0 Å². The number of fused-ring (bicyclic) bond motifs is 1. The van der Waals surface area contributed by atoms with Crippen molar-refractivity contribution in [2.24, 2.45) is 0 Å². The molecule has 23 heavy (non-hydrogen) atoms. The molecule has 0 saturated heterocycles. The Hall–Kier alpha value is -2.51. The fourth-order valence-corrected chi connectivity index (χ4v) is 3.26. The van der Waals surface area contributed by atoms with Crippen LogP contribution >= 0.6 is 11.6 Å². The first kappa shape index (κ1) is 14.1. The summed E-state index contributed by atoms with van der Waals surface area (Å²) in [5.74, 6) is 0. The van der Waals surface area contributed by atoms with Gasteiger partial charge < -0.3 is 4.57 Å². The van der Waals surface area contributed by atoms with Crippen LogP contribution in [0.15, 0.2) is 84.9 Å². The van der Waals surface area contributed by atoms with Crippen LogP contribution in [0.5, 0.6) is 0 Å². The number of para-hydroxylation sites is 1. The zero-order valence-corrected chi connectivity index (χ0v) is 13.4. The number of halogens is 1. The van der Waals surface area contributed by atoms with E-state index in [1.54, 1.807) is 0 Å². The van der Waals surface area contributed by atoms with Crippen LogP contribution in [0.2, 0.25) is 5.02 Å². The Labute approximate surface area is 140 Å². The molecule has 4 rings (SSSR count). The lowest BCUT2D eigenvalue weighted by Crippen LogP contribution is -2.01. The summed E-state index contributed by atoms with van der Waals surface area (Å²) in [6, 6.07) is 29.4. The van der Waals surface area contributed by atoms with Gasteiger partial charge in [0.15, 0.2) is 0 Å². The third-order valence-electron chi connectivity index (χ3n) is 4.11. The van der Waals surface area contributed by atoms with Crippen molar-refractivity contribution in [1.29, 1.82) is 0 Å². The highest BCUT2D eigenvalue weighted by atomic mass is 35.5. The van der Waals surface area contributed by atoms with Crippen LogP contribution in [-0.2, 0) is 6.54 Å². The van der Waals surface area contributed by atoms with Crippen molar-refractivity contribution in [3.05, 3.63) is 95.5 Å². The number of benzene rings is 3. The lowest BCUT2D eigenvalue weighted by atomic mass is 10.1. The SMILES string of the molecule is Clc1cccc(Cn2c(-c3ccccc3)cc3ccccc32)c1. The maximum Gasteiger partial charge on any atom is 0.0494 e. The molecule has 0 aliphatic carbocycles. The van der Waals surface area contributed by atoms with E-state index in [1.807, 2.05) is 24.3 Å². The minimum absolute atomic E-state index is 0.778. The molecule has 0 aliphatic heterocycles. The zero-order valence-electron chi connectivity index (χ0n) is 12.6. The minimum Gasteiger partial charge on any atom is -0.336 e. The summed E-state index contributed by atoms with van der Waals surface area (Å²) in [6.07, 6.45) is 0. The van der Waals surface area contributed by atoms with E-state index in [0.717, 1.165) is 11.6 Å². The molecule has 3 aromatic carbocycles. The van der Waals surface area contributed by atoms with E-state index in [0.29, 0.717) is 0 Å². The Morgan fingerprint density at radius 3 is 2.35 bits per heavy atom. The summed E-state index contributed by atoms with van der Waals surface area (Å²) in [6.45, 7) is 0.804. The van der Waals surface area contributed by atoms with Crippen molar-refractivity contribution in [3.63, 3.8) is 0 Å². The molecule has 0 atom stereocenters. The molecule has 0 unspecified atom stereocenters. The standard InChI is InChI=1S/C21H16ClN/c22-19-11-6-7-16(13-19)15-23-20-12-5-4-10-18(20)14-21(23)17-8-2-1-3-9-17/h1-14H,15H2. The Balaban J connectivity index is 1.89. The van der Waals surface area contributed by atoms with Crippen molar-refractivity contribution in [2.45, 2.75) is 6.54 Å². The molecule has 2 heteroatoms. The van der Waals surface area contributed by atoms with Crippen molar-refractivity contribution < 1.29 is 0 Å². The van der Waals surface area contributed by atoms with Crippen LogP contribution < -0.4 is 0 Å². The van der Waals surface area contributed by atoms with Crippen molar-refractivity contribution >= 4 is 22.5 Å². The lowest BCUT2D eigenvalue weighted by molar-refractivity contribution is 0.845. The highest BCUT2D eigenvalue weighted by Gasteiger charge is 2.10. The van der Waals surface area contributed by atoms with Crippen LogP contribution in [0.1, 0.15) is 5.56 Å². The summed E-state index contributed by atoms with van der Waals surface area (Å²) in [5.41, 5.74) is 4.90. The van der Waals surface area contributed by atoms with Gasteiger partial charge in [-0.3, -0.25) is 0 Å². The summed E-state index contributed by atoms with van der Waals surface area (Å²) in [4.78, 5) is 0. The van der Waals surface area contributed by atoms with Crippen LogP contribution in [0.4, 0.5) is 0 Å². The number of hydrogen-bond donors (Lipinski definition) is 0. The second-order valence-electron chi connectivity index (χ2n) is 5.67. The van der Waals surface area contributed by atoms with E-state index in [-0.39, 0.29) is 0 Å². The minimum atomic E-state index is 0.778. The first-order valence-electron chi connectivity index (χ1n) is 7.69. The Bertz CT molecular complexity index is 954. The third-order valence-corrected chi connectivity index (χ3v) is 4.34. The molecule has 0 radical (unpaired) electrons. The fourth-order valence-electron chi connectivity index (χ4n) is 3.05. The Morgan fingerprint density at radius 1 is 0.739 bits per heavy atom. The van der Waals surface area contributed by atoms with Gasteiger partial charge in [0.25, 0.3) is 0 Å². The highest BCUT2D eigenvalue weighted by molar-refractivity contribution is 6.30. The Morgan fingerprint density at radius 2 is 1.52 bits per heavy atom. The molecule has 112 valence electrons. The van der Waals surface area contributed by atoms with Crippen LogP contribution in [0.25, 0.3) is 22.2 Å². The van der Waals surface area contributed by atoms with Gasteiger partial charge in [-0.25, -0.2) is 0 Å². The molecule has 0 N–H and O–H groups in total. The summed E-state index contributed by atoms with van der Waals surface area (Å²) >= 11 is 6.15. The molecule has 1 heterocycles. The molecular formula is C21H16ClN. The average molecular weight is 318 g/mol. The third kappa shape index (κ3) is 2.76. The number of hydrogen-bond acceptors (Lipinski definition) is 0. The van der Waals surface area contributed by atoms with Gasteiger partial charge in [-0.05, 0) is 35.4 Å². The summed E-state index contributed by atoms with van der Waals surface area (Å²) < 4.78 is 2.36. The van der Waals surface area contributed by atoms with Crippen LogP contribution in [-0.4, -0.2) is 4.57 Å². The van der Waals surface area contributed by atoms with Gasteiger partial charge in [-0.1, -0.05) is 72.3 Å².